The maximum atomic E-state index is 13.0. The van der Waals surface area contributed by atoms with E-state index in [2.05, 4.69) is 39.7 Å². The van der Waals surface area contributed by atoms with Crippen molar-refractivity contribution >= 4 is 41.3 Å². The lowest BCUT2D eigenvalue weighted by molar-refractivity contribution is 0.198. The SMILES string of the molecule is CCNC(=NCc1csc(CC)n1)NC1CCN(Cc2ccc(F)cc2)CC1.I. The molecule has 1 saturated heterocycles. The molecule has 29 heavy (non-hydrogen) atoms. The summed E-state index contributed by atoms with van der Waals surface area (Å²) in [7, 11) is 0. The topological polar surface area (TPSA) is 52.6 Å². The number of hydrogen-bond donors (Lipinski definition) is 2. The van der Waals surface area contributed by atoms with Crippen molar-refractivity contribution in [1.29, 1.82) is 0 Å². The zero-order valence-electron chi connectivity index (χ0n) is 17.2. The molecule has 1 fully saturated rings. The first-order valence-electron chi connectivity index (χ1n) is 10.1. The van der Waals surface area contributed by atoms with Crippen LogP contribution in [0.25, 0.3) is 0 Å². The summed E-state index contributed by atoms with van der Waals surface area (Å²) in [6.45, 7) is 8.59. The van der Waals surface area contributed by atoms with Crippen LogP contribution in [0.1, 0.15) is 43.0 Å². The first-order chi connectivity index (χ1) is 13.7. The third-order valence-electron chi connectivity index (χ3n) is 4.89. The Morgan fingerprint density at radius 3 is 2.59 bits per heavy atom. The minimum Gasteiger partial charge on any atom is -0.357 e. The van der Waals surface area contributed by atoms with Gasteiger partial charge >= 0.3 is 0 Å². The van der Waals surface area contributed by atoms with Crippen LogP contribution >= 0.6 is 35.3 Å². The van der Waals surface area contributed by atoms with Crippen LogP contribution in [-0.2, 0) is 19.5 Å². The molecule has 0 amide bonds. The van der Waals surface area contributed by atoms with Gasteiger partial charge in [0.25, 0.3) is 0 Å². The fourth-order valence-corrected chi connectivity index (χ4v) is 4.08. The molecule has 1 aromatic carbocycles. The molecule has 1 aliphatic rings. The molecule has 0 atom stereocenters. The fourth-order valence-electron chi connectivity index (χ4n) is 3.34. The number of aliphatic imine (C=N–C) groups is 1. The lowest BCUT2D eigenvalue weighted by atomic mass is 10.0. The lowest BCUT2D eigenvalue weighted by Crippen LogP contribution is -2.48. The molecule has 1 aliphatic heterocycles. The van der Waals surface area contributed by atoms with E-state index in [1.807, 2.05) is 12.1 Å². The number of nitrogens with zero attached hydrogens (tertiary/aromatic N) is 3. The van der Waals surface area contributed by atoms with Gasteiger partial charge in [-0.25, -0.2) is 14.4 Å². The van der Waals surface area contributed by atoms with E-state index >= 15 is 0 Å². The largest absolute Gasteiger partial charge is 0.357 e. The van der Waals surface area contributed by atoms with Crippen molar-refractivity contribution in [3.8, 4) is 0 Å². The summed E-state index contributed by atoms with van der Waals surface area (Å²) in [5, 5.41) is 10.2. The predicted octanol–water partition coefficient (Wildman–Crippen LogP) is 4.18. The highest BCUT2D eigenvalue weighted by atomic mass is 127. The number of aromatic nitrogens is 1. The van der Waals surface area contributed by atoms with E-state index in [1.54, 1.807) is 11.3 Å². The number of nitrogens with one attached hydrogen (secondary N) is 2. The van der Waals surface area contributed by atoms with Crippen molar-refractivity contribution in [2.45, 2.75) is 52.2 Å². The molecule has 0 radical (unpaired) electrons. The molecule has 160 valence electrons. The van der Waals surface area contributed by atoms with Gasteiger partial charge in [0, 0.05) is 37.6 Å². The molecule has 0 spiro atoms. The van der Waals surface area contributed by atoms with Gasteiger partial charge in [-0.15, -0.1) is 35.3 Å². The van der Waals surface area contributed by atoms with Gasteiger partial charge in [-0.05, 0) is 43.9 Å². The van der Waals surface area contributed by atoms with E-state index in [0.29, 0.717) is 12.6 Å². The Balaban J connectivity index is 0.00000300. The second-order valence-electron chi connectivity index (χ2n) is 7.10. The Hall–Kier alpha value is -1.26. The Labute approximate surface area is 194 Å². The summed E-state index contributed by atoms with van der Waals surface area (Å²) in [6, 6.07) is 7.24. The summed E-state index contributed by atoms with van der Waals surface area (Å²) < 4.78 is 13.0. The molecule has 8 heteroatoms. The summed E-state index contributed by atoms with van der Waals surface area (Å²) in [5.74, 6) is 0.691. The molecule has 3 rings (SSSR count). The standard InChI is InChI=1S/C21H30FN5S.HI/c1-3-20-25-19(15-28-20)13-24-21(23-4-2)26-18-9-11-27(12-10-18)14-16-5-7-17(22)8-6-16;/h5-8,15,18H,3-4,9-14H2,1-2H3,(H2,23,24,26);1H. The number of rotatable bonds is 7. The maximum absolute atomic E-state index is 13.0. The van der Waals surface area contributed by atoms with Crippen LogP contribution in [0.2, 0.25) is 0 Å². The van der Waals surface area contributed by atoms with E-state index in [1.165, 1.54) is 12.1 Å². The van der Waals surface area contributed by atoms with E-state index in [0.717, 1.165) is 67.7 Å². The van der Waals surface area contributed by atoms with Crippen LogP contribution in [0.15, 0.2) is 34.6 Å². The van der Waals surface area contributed by atoms with Gasteiger partial charge in [0.05, 0.1) is 17.2 Å². The van der Waals surface area contributed by atoms with Crippen LogP contribution < -0.4 is 10.6 Å². The molecule has 2 N–H and O–H groups in total. The second-order valence-corrected chi connectivity index (χ2v) is 8.05. The predicted molar refractivity (Wildman–Crippen MR) is 130 cm³/mol. The molecule has 1 aromatic heterocycles. The van der Waals surface area contributed by atoms with Gasteiger partial charge in [0.15, 0.2) is 5.96 Å². The lowest BCUT2D eigenvalue weighted by Gasteiger charge is -2.33. The van der Waals surface area contributed by atoms with Crippen LogP contribution in [0, 0.1) is 5.82 Å². The van der Waals surface area contributed by atoms with Crippen molar-refractivity contribution in [3.63, 3.8) is 0 Å². The Kier molecular flexibility index (Phi) is 10.3. The van der Waals surface area contributed by atoms with Crippen LogP contribution in [-0.4, -0.2) is 41.5 Å². The second kappa shape index (κ2) is 12.4. The first kappa shape index (κ1) is 24.0. The van der Waals surface area contributed by atoms with Crippen LogP contribution in [0.3, 0.4) is 0 Å². The van der Waals surface area contributed by atoms with Crippen molar-refractivity contribution in [2.75, 3.05) is 19.6 Å². The number of guanidine groups is 1. The smallest absolute Gasteiger partial charge is 0.191 e. The van der Waals surface area contributed by atoms with Crippen LogP contribution in [0.5, 0.6) is 0 Å². The molecule has 2 heterocycles. The summed E-state index contributed by atoms with van der Waals surface area (Å²) in [4.78, 5) is 11.7. The summed E-state index contributed by atoms with van der Waals surface area (Å²) in [5.41, 5.74) is 2.20. The van der Waals surface area contributed by atoms with Gasteiger partial charge in [-0.1, -0.05) is 19.1 Å². The third-order valence-corrected chi connectivity index (χ3v) is 5.93. The number of piperidine rings is 1. The molecule has 0 aliphatic carbocycles. The number of aryl methyl sites for hydroxylation is 1. The van der Waals surface area contributed by atoms with Gasteiger partial charge < -0.3 is 10.6 Å². The van der Waals surface area contributed by atoms with E-state index in [-0.39, 0.29) is 29.8 Å². The average Bonchev–Trinajstić information content (AvgIpc) is 3.18. The molecule has 0 saturated carbocycles. The monoisotopic (exact) mass is 531 g/mol. The van der Waals surface area contributed by atoms with E-state index in [9.17, 15) is 4.39 Å². The van der Waals surface area contributed by atoms with E-state index in [4.69, 9.17) is 4.99 Å². The third kappa shape index (κ3) is 7.82. The summed E-state index contributed by atoms with van der Waals surface area (Å²) >= 11 is 1.70. The zero-order chi connectivity index (χ0) is 19.8. The van der Waals surface area contributed by atoms with Crippen molar-refractivity contribution in [3.05, 3.63) is 51.7 Å². The van der Waals surface area contributed by atoms with Gasteiger partial charge in [0.1, 0.15) is 5.82 Å². The quantitative estimate of drug-likeness (QED) is 0.320. The number of benzene rings is 1. The molecule has 2 aromatic rings. The maximum Gasteiger partial charge on any atom is 0.191 e. The van der Waals surface area contributed by atoms with Crippen molar-refractivity contribution in [1.82, 2.24) is 20.5 Å². The number of hydrogen-bond acceptors (Lipinski definition) is 4. The number of thiazole rings is 1. The Bertz CT molecular complexity index is 757. The molecular weight excluding hydrogens is 500 g/mol. The van der Waals surface area contributed by atoms with Crippen molar-refractivity contribution < 1.29 is 4.39 Å². The van der Waals surface area contributed by atoms with Crippen LogP contribution in [0.4, 0.5) is 4.39 Å². The molecule has 0 unspecified atom stereocenters. The minimum atomic E-state index is -0.175. The molecule has 0 bridgehead atoms. The fraction of sp³-hybridized carbons (Fsp3) is 0.524. The number of likely N-dealkylation sites (tertiary alicyclic amines) is 1. The minimum absolute atomic E-state index is 0. The summed E-state index contributed by atoms with van der Waals surface area (Å²) in [6.07, 6.45) is 3.12. The first-order valence-corrected chi connectivity index (χ1v) is 11.0. The Morgan fingerprint density at radius 1 is 1.24 bits per heavy atom. The highest BCUT2D eigenvalue weighted by Crippen LogP contribution is 2.15. The van der Waals surface area contributed by atoms with Crippen molar-refractivity contribution in [2.24, 2.45) is 4.99 Å². The van der Waals surface area contributed by atoms with E-state index < -0.39 is 0 Å². The highest BCUT2D eigenvalue weighted by molar-refractivity contribution is 14.0. The average molecular weight is 531 g/mol. The Morgan fingerprint density at radius 2 is 1.97 bits per heavy atom. The molecule has 5 nitrogen and oxygen atoms in total. The van der Waals surface area contributed by atoms with Gasteiger partial charge in [-0.2, -0.15) is 0 Å². The highest BCUT2D eigenvalue weighted by Gasteiger charge is 2.20. The molecular formula is C21H31FIN5S. The van der Waals surface area contributed by atoms with Gasteiger partial charge in [0.2, 0.25) is 0 Å². The van der Waals surface area contributed by atoms with Gasteiger partial charge in [-0.3, -0.25) is 4.90 Å². The zero-order valence-corrected chi connectivity index (χ0v) is 20.3. The number of halogens is 2. The normalized spacial score (nSPS) is 15.8.